The molecule has 4 heteroatoms. The van der Waals surface area contributed by atoms with Crippen molar-refractivity contribution in [2.45, 2.75) is 13.0 Å². The van der Waals surface area contributed by atoms with Crippen LogP contribution in [-0.4, -0.2) is 66.7 Å². The molecule has 14 heavy (non-hydrogen) atoms. The van der Waals surface area contributed by atoms with Crippen molar-refractivity contribution in [3.63, 3.8) is 0 Å². The van der Waals surface area contributed by atoms with E-state index in [9.17, 15) is 0 Å². The third-order valence-electron chi connectivity index (χ3n) is 3.18. The molecule has 2 rings (SSSR count). The normalized spacial score (nSPS) is 31.1. The Morgan fingerprint density at radius 3 is 2.50 bits per heavy atom. The van der Waals surface area contributed by atoms with E-state index >= 15 is 0 Å². The Morgan fingerprint density at radius 1 is 1.21 bits per heavy atom. The number of rotatable bonds is 3. The third kappa shape index (κ3) is 2.86. The summed E-state index contributed by atoms with van der Waals surface area (Å²) in [6, 6.07) is 0.744. The van der Waals surface area contributed by atoms with Gasteiger partial charge in [-0.25, -0.2) is 0 Å². The molecule has 0 aromatic carbocycles. The predicted octanol–water partition coefficient (Wildman–Crippen LogP) is 0.286. The lowest BCUT2D eigenvalue weighted by Gasteiger charge is -2.35. The van der Waals surface area contributed by atoms with Gasteiger partial charge in [-0.1, -0.05) is 6.92 Å². The second kappa shape index (κ2) is 5.35. The molecule has 2 heterocycles. The van der Waals surface area contributed by atoms with Gasteiger partial charge in [0.15, 0.2) is 0 Å². The molecule has 2 aliphatic heterocycles. The van der Waals surface area contributed by atoms with Gasteiger partial charge in [0.25, 0.3) is 0 Å². The van der Waals surface area contributed by atoms with Crippen LogP contribution in [0.3, 0.4) is 0 Å². The molecule has 0 amide bonds. The highest BCUT2D eigenvalue weighted by molar-refractivity contribution is 7.99. The van der Waals surface area contributed by atoms with E-state index in [2.05, 4.69) is 22.0 Å². The van der Waals surface area contributed by atoms with Gasteiger partial charge in [0.05, 0.1) is 0 Å². The molecule has 0 aromatic rings. The van der Waals surface area contributed by atoms with Gasteiger partial charge in [0.2, 0.25) is 0 Å². The van der Waals surface area contributed by atoms with Gasteiger partial charge in [0.1, 0.15) is 0 Å². The number of hydrogen-bond donors (Lipinski definition) is 1. The molecule has 0 spiro atoms. The fraction of sp³-hybridized carbons (Fsp3) is 1.00. The van der Waals surface area contributed by atoms with E-state index in [1.54, 1.807) is 0 Å². The second-order valence-corrected chi connectivity index (χ2v) is 5.18. The largest absolute Gasteiger partial charge is 0.303 e. The summed E-state index contributed by atoms with van der Waals surface area (Å²) in [6.45, 7) is 9.76. The fourth-order valence-corrected chi connectivity index (χ4v) is 3.13. The Hall–Kier alpha value is 0.230. The molecule has 0 aromatic heterocycles. The van der Waals surface area contributed by atoms with Crippen LogP contribution in [0.1, 0.15) is 6.92 Å². The van der Waals surface area contributed by atoms with Gasteiger partial charge in [-0.2, -0.15) is 0 Å². The maximum Gasteiger partial charge on any atom is 0.0421 e. The second-order valence-electron chi connectivity index (χ2n) is 4.15. The number of piperazine rings is 1. The minimum atomic E-state index is 0.744. The van der Waals surface area contributed by atoms with Crippen molar-refractivity contribution in [1.29, 1.82) is 0 Å². The van der Waals surface area contributed by atoms with Crippen LogP contribution in [0.4, 0.5) is 0 Å². The topological polar surface area (TPSA) is 18.5 Å². The van der Waals surface area contributed by atoms with E-state index in [-0.39, 0.29) is 0 Å². The highest BCUT2D eigenvalue weighted by Gasteiger charge is 2.21. The molecule has 2 saturated heterocycles. The number of likely N-dealkylation sites (N-methyl/N-ethyl adjacent to an activating group) is 1. The summed E-state index contributed by atoms with van der Waals surface area (Å²) in [6.07, 6.45) is 0. The zero-order chi connectivity index (χ0) is 9.80. The molecule has 3 nitrogen and oxygen atoms in total. The van der Waals surface area contributed by atoms with Gasteiger partial charge < -0.3 is 10.2 Å². The lowest BCUT2D eigenvalue weighted by atomic mass is 10.2. The molecule has 0 radical (unpaired) electrons. The Bertz CT molecular complexity index is 163. The van der Waals surface area contributed by atoms with Crippen LogP contribution in [0, 0.1) is 0 Å². The van der Waals surface area contributed by atoms with Crippen molar-refractivity contribution in [1.82, 2.24) is 15.1 Å². The first kappa shape index (κ1) is 10.7. The number of nitrogens with zero attached hydrogens (tertiary/aromatic N) is 2. The lowest BCUT2D eigenvalue weighted by Crippen LogP contribution is -2.50. The third-order valence-corrected chi connectivity index (χ3v) is 4.19. The average Bonchev–Trinajstić information content (AvgIpc) is 2.72. The summed E-state index contributed by atoms with van der Waals surface area (Å²) in [4.78, 5) is 5.14. The standard InChI is InChI=1S/C10H21N3S/c1-2-12-3-5-13(6-4-12)7-10-8-14-9-11-10/h10-11H,2-9H2,1H3. The van der Waals surface area contributed by atoms with Crippen LogP contribution < -0.4 is 5.32 Å². The highest BCUT2D eigenvalue weighted by atomic mass is 32.2. The molecule has 1 N–H and O–H groups in total. The summed E-state index contributed by atoms with van der Waals surface area (Å²) in [5.41, 5.74) is 0. The zero-order valence-electron chi connectivity index (χ0n) is 9.04. The Kier molecular flexibility index (Phi) is 4.10. The van der Waals surface area contributed by atoms with E-state index in [0.29, 0.717) is 0 Å². The first-order valence-electron chi connectivity index (χ1n) is 5.64. The van der Waals surface area contributed by atoms with Crippen LogP contribution in [0.2, 0.25) is 0 Å². The summed E-state index contributed by atoms with van der Waals surface area (Å²) in [5.74, 6) is 2.45. The van der Waals surface area contributed by atoms with Crippen LogP contribution in [0.5, 0.6) is 0 Å². The zero-order valence-corrected chi connectivity index (χ0v) is 9.85. The molecule has 2 aliphatic rings. The quantitative estimate of drug-likeness (QED) is 0.729. The van der Waals surface area contributed by atoms with Gasteiger partial charge >= 0.3 is 0 Å². The monoisotopic (exact) mass is 215 g/mol. The number of hydrogen-bond acceptors (Lipinski definition) is 4. The van der Waals surface area contributed by atoms with Gasteiger partial charge in [-0.05, 0) is 6.54 Å². The van der Waals surface area contributed by atoms with Crippen LogP contribution in [-0.2, 0) is 0 Å². The van der Waals surface area contributed by atoms with Crippen molar-refractivity contribution in [2.75, 3.05) is 50.9 Å². The highest BCUT2D eigenvalue weighted by Crippen LogP contribution is 2.11. The molecule has 1 atom stereocenters. The fourth-order valence-electron chi connectivity index (χ4n) is 2.15. The Morgan fingerprint density at radius 2 is 1.93 bits per heavy atom. The lowest BCUT2D eigenvalue weighted by molar-refractivity contribution is 0.131. The van der Waals surface area contributed by atoms with Crippen molar-refractivity contribution in [3.8, 4) is 0 Å². The Labute approximate surface area is 91.2 Å². The molecular weight excluding hydrogens is 194 g/mol. The van der Waals surface area contributed by atoms with E-state index in [0.717, 1.165) is 11.9 Å². The number of thioether (sulfide) groups is 1. The van der Waals surface area contributed by atoms with Crippen molar-refractivity contribution < 1.29 is 0 Å². The van der Waals surface area contributed by atoms with Crippen molar-refractivity contribution >= 4 is 11.8 Å². The van der Waals surface area contributed by atoms with Crippen LogP contribution in [0.15, 0.2) is 0 Å². The molecule has 1 unspecified atom stereocenters. The average molecular weight is 215 g/mol. The summed E-state index contributed by atoms with van der Waals surface area (Å²) in [7, 11) is 0. The van der Waals surface area contributed by atoms with Crippen LogP contribution in [0.25, 0.3) is 0 Å². The van der Waals surface area contributed by atoms with Gasteiger partial charge in [0, 0.05) is 50.4 Å². The maximum atomic E-state index is 3.54. The van der Waals surface area contributed by atoms with Gasteiger partial charge in [-0.3, -0.25) is 4.90 Å². The van der Waals surface area contributed by atoms with Crippen molar-refractivity contribution in [3.05, 3.63) is 0 Å². The molecule has 2 fully saturated rings. The van der Waals surface area contributed by atoms with Gasteiger partial charge in [-0.15, -0.1) is 11.8 Å². The van der Waals surface area contributed by atoms with Crippen LogP contribution >= 0.6 is 11.8 Å². The molecule has 82 valence electrons. The number of nitrogens with one attached hydrogen (secondary N) is 1. The van der Waals surface area contributed by atoms with E-state index in [4.69, 9.17) is 0 Å². The first-order valence-corrected chi connectivity index (χ1v) is 6.80. The first-order chi connectivity index (χ1) is 6.88. The maximum absolute atomic E-state index is 3.54. The van der Waals surface area contributed by atoms with E-state index in [1.807, 2.05) is 11.8 Å². The summed E-state index contributed by atoms with van der Waals surface area (Å²) >= 11 is 2.03. The summed E-state index contributed by atoms with van der Waals surface area (Å²) in [5, 5.41) is 3.54. The van der Waals surface area contributed by atoms with Crippen molar-refractivity contribution in [2.24, 2.45) is 0 Å². The van der Waals surface area contributed by atoms with E-state index < -0.39 is 0 Å². The molecule has 0 saturated carbocycles. The predicted molar refractivity (Wildman–Crippen MR) is 62.8 cm³/mol. The SMILES string of the molecule is CCN1CCN(CC2CSCN2)CC1. The molecule has 0 aliphatic carbocycles. The smallest absolute Gasteiger partial charge is 0.0421 e. The molecular formula is C10H21N3S. The minimum Gasteiger partial charge on any atom is -0.303 e. The van der Waals surface area contributed by atoms with E-state index in [1.165, 1.54) is 45.0 Å². The Balaban J connectivity index is 1.67. The minimum absolute atomic E-state index is 0.744. The molecule has 0 bridgehead atoms. The summed E-state index contributed by atoms with van der Waals surface area (Å²) < 4.78 is 0.